The molecule has 0 spiro atoms. The van der Waals surface area contributed by atoms with Gasteiger partial charge in [0.1, 0.15) is 0 Å². The van der Waals surface area contributed by atoms with Gasteiger partial charge in [0, 0.05) is 37.1 Å². The monoisotopic (exact) mass is 354 g/mol. The predicted octanol–water partition coefficient (Wildman–Crippen LogP) is 1.56. The van der Waals surface area contributed by atoms with Crippen molar-refractivity contribution in [2.24, 2.45) is 5.92 Å². The summed E-state index contributed by atoms with van der Waals surface area (Å²) in [6, 6.07) is 5.45. The highest BCUT2D eigenvalue weighted by atomic mass is 19.1. The molecule has 2 atom stereocenters. The van der Waals surface area contributed by atoms with Crippen LogP contribution in [0.5, 0.6) is 0 Å². The van der Waals surface area contributed by atoms with Gasteiger partial charge in [-0.3, -0.25) is 14.7 Å². The van der Waals surface area contributed by atoms with Crippen LogP contribution >= 0.6 is 0 Å². The molecule has 0 aromatic carbocycles. The molecule has 3 aliphatic rings. The second-order valence-electron chi connectivity index (χ2n) is 6.77. The second kappa shape index (κ2) is 6.63. The van der Waals surface area contributed by atoms with Gasteiger partial charge in [-0.15, -0.1) is 0 Å². The molecule has 0 saturated carbocycles. The zero-order chi connectivity index (χ0) is 18.1. The number of ether oxygens (including phenoxy) is 1. The van der Waals surface area contributed by atoms with Gasteiger partial charge in [-0.1, -0.05) is 12.1 Å². The summed E-state index contributed by atoms with van der Waals surface area (Å²) in [6.07, 6.45) is 5.14. The fourth-order valence-electron chi connectivity index (χ4n) is 3.70. The Labute approximate surface area is 151 Å². The second-order valence-corrected chi connectivity index (χ2v) is 6.77. The van der Waals surface area contributed by atoms with E-state index in [0.29, 0.717) is 30.9 Å². The molecule has 26 heavy (non-hydrogen) atoms. The van der Waals surface area contributed by atoms with Crippen molar-refractivity contribution in [2.45, 2.75) is 18.6 Å². The Kier molecular flexibility index (Phi) is 4.31. The van der Waals surface area contributed by atoms with Gasteiger partial charge in [0.2, 0.25) is 5.67 Å². The number of nitrogens with one attached hydrogen (secondary N) is 1. The number of hydrogen-bond donors (Lipinski definition) is 1. The predicted molar refractivity (Wildman–Crippen MR) is 91.1 cm³/mol. The molecule has 134 valence electrons. The van der Waals surface area contributed by atoms with Crippen molar-refractivity contribution in [1.29, 1.82) is 5.26 Å². The molecule has 1 aromatic rings. The molecule has 1 aromatic heterocycles. The Morgan fingerprint density at radius 2 is 2.23 bits per heavy atom. The van der Waals surface area contributed by atoms with Crippen molar-refractivity contribution in [2.75, 3.05) is 26.3 Å². The molecular formula is C19H19FN4O2. The van der Waals surface area contributed by atoms with Gasteiger partial charge in [0.15, 0.2) is 0 Å². The fraction of sp³-hybridized carbons (Fsp3) is 0.421. The number of nitrogens with zero attached hydrogens (tertiary/aromatic N) is 3. The number of hydrogen-bond acceptors (Lipinski definition) is 5. The van der Waals surface area contributed by atoms with E-state index >= 15 is 4.39 Å². The first-order valence-corrected chi connectivity index (χ1v) is 8.69. The lowest BCUT2D eigenvalue weighted by Gasteiger charge is -2.27. The largest absolute Gasteiger partial charge is 0.379 e. The van der Waals surface area contributed by atoms with Crippen LogP contribution in [0.1, 0.15) is 17.7 Å². The standard InChI is InChI=1S/C19H19FN4O2/c20-19(15-3-1-13(10-21)9-16(15)23-18(19)25)17-4-2-14(11-22-17)12-24-5-7-26-8-6-24/h1-2,4,9,11,15H,3,5-8,12H2,(H,23,25). The van der Waals surface area contributed by atoms with E-state index in [4.69, 9.17) is 10.00 Å². The number of fused-ring (bicyclic) bond motifs is 1. The molecule has 1 aliphatic carbocycles. The highest BCUT2D eigenvalue weighted by Gasteiger charge is 2.56. The minimum Gasteiger partial charge on any atom is -0.379 e. The number of aromatic nitrogens is 1. The normalized spacial score (nSPS) is 28.6. The summed E-state index contributed by atoms with van der Waals surface area (Å²) in [6.45, 7) is 3.88. The maximum Gasteiger partial charge on any atom is 0.268 e. The van der Waals surface area contributed by atoms with E-state index in [9.17, 15) is 4.79 Å². The lowest BCUT2D eigenvalue weighted by Crippen LogP contribution is -2.37. The summed E-state index contributed by atoms with van der Waals surface area (Å²) < 4.78 is 21.1. The van der Waals surface area contributed by atoms with E-state index < -0.39 is 17.5 Å². The van der Waals surface area contributed by atoms with E-state index in [1.807, 2.05) is 12.1 Å². The number of allylic oxidation sites excluding steroid dienone is 4. The number of carbonyl (C=O) groups is 1. The van der Waals surface area contributed by atoms with E-state index in [-0.39, 0.29) is 5.69 Å². The molecule has 2 fully saturated rings. The molecule has 6 nitrogen and oxygen atoms in total. The van der Waals surface area contributed by atoms with Gasteiger partial charge < -0.3 is 10.1 Å². The van der Waals surface area contributed by atoms with Crippen LogP contribution in [0, 0.1) is 17.2 Å². The smallest absolute Gasteiger partial charge is 0.268 e. The number of rotatable bonds is 3. The van der Waals surface area contributed by atoms with Crippen molar-refractivity contribution >= 4 is 5.91 Å². The van der Waals surface area contributed by atoms with Crippen molar-refractivity contribution in [3.8, 4) is 6.07 Å². The molecule has 2 aliphatic heterocycles. The Morgan fingerprint density at radius 1 is 1.42 bits per heavy atom. The third kappa shape index (κ3) is 2.81. The summed E-state index contributed by atoms with van der Waals surface area (Å²) in [5.41, 5.74) is -0.224. The number of pyridine rings is 1. The number of nitriles is 1. The number of alkyl halides is 1. The van der Waals surface area contributed by atoms with Crippen molar-refractivity contribution in [3.63, 3.8) is 0 Å². The average Bonchev–Trinajstić information content (AvgIpc) is 2.94. The highest BCUT2D eigenvalue weighted by molar-refractivity contribution is 5.92. The van der Waals surface area contributed by atoms with Crippen LogP contribution in [0.25, 0.3) is 0 Å². The number of halogens is 1. The fourth-order valence-corrected chi connectivity index (χ4v) is 3.70. The summed E-state index contributed by atoms with van der Waals surface area (Å²) in [4.78, 5) is 18.9. The van der Waals surface area contributed by atoms with Crippen LogP contribution in [0.4, 0.5) is 4.39 Å². The van der Waals surface area contributed by atoms with Gasteiger partial charge >= 0.3 is 0 Å². The zero-order valence-corrected chi connectivity index (χ0v) is 14.2. The summed E-state index contributed by atoms with van der Waals surface area (Å²) in [5, 5.41) is 11.6. The van der Waals surface area contributed by atoms with Crippen molar-refractivity contribution in [3.05, 3.63) is 53.0 Å². The van der Waals surface area contributed by atoms with E-state index in [2.05, 4.69) is 15.2 Å². The van der Waals surface area contributed by atoms with Crippen molar-refractivity contribution in [1.82, 2.24) is 15.2 Å². The maximum atomic E-state index is 15.7. The van der Waals surface area contributed by atoms with Crippen LogP contribution < -0.4 is 5.32 Å². The topological polar surface area (TPSA) is 78.2 Å². The molecule has 1 amide bonds. The van der Waals surface area contributed by atoms with Crippen LogP contribution in [0.3, 0.4) is 0 Å². The van der Waals surface area contributed by atoms with E-state index in [0.717, 1.165) is 25.2 Å². The van der Waals surface area contributed by atoms with Crippen LogP contribution in [-0.4, -0.2) is 42.1 Å². The maximum absolute atomic E-state index is 15.7. The molecule has 3 heterocycles. The first-order valence-electron chi connectivity index (χ1n) is 8.69. The SMILES string of the molecule is N#CC1=CCC2C(=C1)NC(=O)C2(F)c1ccc(CN2CCOCC2)cn1. The number of morpholine rings is 1. The van der Waals surface area contributed by atoms with Gasteiger partial charge in [-0.2, -0.15) is 5.26 Å². The molecule has 7 heteroatoms. The molecule has 2 unspecified atom stereocenters. The van der Waals surface area contributed by atoms with Crippen LogP contribution in [0.2, 0.25) is 0 Å². The summed E-state index contributed by atoms with van der Waals surface area (Å²) >= 11 is 0. The summed E-state index contributed by atoms with van der Waals surface area (Å²) in [5.74, 6) is -1.38. The lowest BCUT2D eigenvalue weighted by atomic mass is 9.81. The van der Waals surface area contributed by atoms with Crippen LogP contribution in [0.15, 0.2) is 41.8 Å². The van der Waals surface area contributed by atoms with Crippen LogP contribution in [-0.2, 0) is 21.7 Å². The molecule has 2 saturated heterocycles. The van der Waals surface area contributed by atoms with E-state index in [1.165, 1.54) is 0 Å². The molecule has 4 rings (SSSR count). The first-order chi connectivity index (χ1) is 12.6. The first kappa shape index (κ1) is 16.9. The van der Waals surface area contributed by atoms with Gasteiger partial charge in [0.25, 0.3) is 5.91 Å². The zero-order valence-electron chi connectivity index (χ0n) is 14.2. The Hall–Kier alpha value is -2.56. The van der Waals surface area contributed by atoms with Gasteiger partial charge in [0.05, 0.1) is 30.9 Å². The van der Waals surface area contributed by atoms with E-state index in [1.54, 1.807) is 24.4 Å². The minimum absolute atomic E-state index is 0.114. The third-order valence-electron chi connectivity index (χ3n) is 5.16. The quantitative estimate of drug-likeness (QED) is 0.891. The van der Waals surface area contributed by atoms with Gasteiger partial charge in [-0.25, -0.2) is 4.39 Å². The minimum atomic E-state index is -2.21. The van der Waals surface area contributed by atoms with Crippen molar-refractivity contribution < 1.29 is 13.9 Å². The Morgan fingerprint density at radius 3 is 2.92 bits per heavy atom. The molecule has 0 bridgehead atoms. The lowest BCUT2D eigenvalue weighted by molar-refractivity contribution is -0.131. The molecule has 1 N–H and O–H groups in total. The highest BCUT2D eigenvalue weighted by Crippen LogP contribution is 2.45. The number of carbonyl (C=O) groups excluding carboxylic acids is 1. The average molecular weight is 354 g/mol. The Balaban J connectivity index is 1.55. The molecule has 0 radical (unpaired) electrons. The van der Waals surface area contributed by atoms with Gasteiger partial charge in [-0.05, 0) is 24.1 Å². The molecular weight excluding hydrogens is 335 g/mol. The summed E-state index contributed by atoms with van der Waals surface area (Å²) in [7, 11) is 0. The number of amides is 1. The Bertz CT molecular complexity index is 821. The third-order valence-corrected chi connectivity index (χ3v) is 5.16.